The van der Waals surface area contributed by atoms with Gasteiger partial charge in [-0.2, -0.15) is 0 Å². The van der Waals surface area contributed by atoms with Crippen molar-refractivity contribution in [1.29, 1.82) is 0 Å². The molecule has 2 heterocycles. The SMILES string of the molecule is CC1(c2ccccc2)NC(=O)N(CC(=O)N2CCCN(Cc3ccccc3)CC2)C1=O. The van der Waals surface area contributed by atoms with E-state index in [1.165, 1.54) is 5.56 Å². The molecule has 0 aromatic heterocycles. The van der Waals surface area contributed by atoms with E-state index in [1.807, 2.05) is 36.4 Å². The molecule has 2 aliphatic heterocycles. The number of hydrogen-bond acceptors (Lipinski definition) is 4. The molecule has 2 aromatic rings. The predicted molar refractivity (Wildman–Crippen MR) is 117 cm³/mol. The van der Waals surface area contributed by atoms with Gasteiger partial charge in [0.2, 0.25) is 5.91 Å². The summed E-state index contributed by atoms with van der Waals surface area (Å²) >= 11 is 0. The lowest BCUT2D eigenvalue weighted by atomic mass is 9.92. The van der Waals surface area contributed by atoms with E-state index >= 15 is 0 Å². The van der Waals surface area contributed by atoms with Crippen molar-refractivity contribution in [3.8, 4) is 0 Å². The number of carbonyl (C=O) groups excluding carboxylic acids is 3. The van der Waals surface area contributed by atoms with E-state index in [-0.39, 0.29) is 12.5 Å². The second-order valence-electron chi connectivity index (χ2n) is 8.31. The van der Waals surface area contributed by atoms with Crippen LogP contribution in [0.4, 0.5) is 4.79 Å². The summed E-state index contributed by atoms with van der Waals surface area (Å²) in [6, 6.07) is 18.9. The van der Waals surface area contributed by atoms with Gasteiger partial charge >= 0.3 is 6.03 Å². The lowest BCUT2D eigenvalue weighted by molar-refractivity contribution is -0.138. The molecule has 2 aliphatic rings. The highest BCUT2D eigenvalue weighted by Crippen LogP contribution is 2.28. The smallest absolute Gasteiger partial charge is 0.325 e. The van der Waals surface area contributed by atoms with E-state index in [2.05, 4.69) is 22.3 Å². The minimum Gasteiger partial charge on any atom is -0.340 e. The summed E-state index contributed by atoms with van der Waals surface area (Å²) in [5.41, 5.74) is 0.806. The Bertz CT molecular complexity index is 950. The van der Waals surface area contributed by atoms with Gasteiger partial charge in [-0.3, -0.25) is 19.4 Å². The highest BCUT2D eigenvalue weighted by molar-refractivity contribution is 6.09. The van der Waals surface area contributed by atoms with Crippen LogP contribution in [0.3, 0.4) is 0 Å². The minimum absolute atomic E-state index is 0.192. The van der Waals surface area contributed by atoms with Crippen LogP contribution in [-0.4, -0.2) is 65.3 Å². The van der Waals surface area contributed by atoms with E-state index in [1.54, 1.807) is 24.0 Å². The van der Waals surface area contributed by atoms with Crippen molar-refractivity contribution in [3.63, 3.8) is 0 Å². The summed E-state index contributed by atoms with van der Waals surface area (Å²) in [6.07, 6.45) is 0.862. The van der Waals surface area contributed by atoms with Crippen LogP contribution in [0.5, 0.6) is 0 Å². The molecule has 0 saturated carbocycles. The van der Waals surface area contributed by atoms with E-state index in [9.17, 15) is 14.4 Å². The van der Waals surface area contributed by atoms with Crippen LogP contribution < -0.4 is 5.32 Å². The molecule has 31 heavy (non-hydrogen) atoms. The molecule has 4 rings (SSSR count). The maximum absolute atomic E-state index is 13.0. The second-order valence-corrected chi connectivity index (χ2v) is 8.31. The van der Waals surface area contributed by atoms with Crippen molar-refractivity contribution in [1.82, 2.24) is 20.0 Å². The fraction of sp³-hybridized carbons (Fsp3) is 0.375. The predicted octanol–water partition coefficient (Wildman–Crippen LogP) is 2.19. The Hall–Kier alpha value is -3.19. The molecule has 0 aliphatic carbocycles. The average Bonchev–Trinajstić information content (AvgIpc) is 2.94. The van der Waals surface area contributed by atoms with Crippen molar-refractivity contribution >= 4 is 17.8 Å². The first-order valence-electron chi connectivity index (χ1n) is 10.7. The summed E-state index contributed by atoms with van der Waals surface area (Å²) < 4.78 is 0. The van der Waals surface area contributed by atoms with Gasteiger partial charge in [-0.1, -0.05) is 60.7 Å². The van der Waals surface area contributed by atoms with Crippen molar-refractivity contribution in [3.05, 3.63) is 71.8 Å². The molecular weight excluding hydrogens is 392 g/mol. The molecule has 0 spiro atoms. The molecule has 7 nitrogen and oxygen atoms in total. The number of nitrogens with one attached hydrogen (secondary N) is 1. The lowest BCUT2D eigenvalue weighted by Gasteiger charge is -2.25. The van der Waals surface area contributed by atoms with Gasteiger partial charge in [0.05, 0.1) is 0 Å². The fourth-order valence-corrected chi connectivity index (χ4v) is 4.26. The summed E-state index contributed by atoms with van der Waals surface area (Å²) in [4.78, 5) is 43.7. The fourth-order valence-electron chi connectivity index (χ4n) is 4.26. The van der Waals surface area contributed by atoms with Crippen molar-refractivity contribution in [2.24, 2.45) is 0 Å². The van der Waals surface area contributed by atoms with Gasteiger partial charge in [-0.05, 0) is 24.5 Å². The molecular formula is C24H28N4O3. The summed E-state index contributed by atoms with van der Waals surface area (Å²) in [5.74, 6) is -0.583. The average molecular weight is 421 g/mol. The maximum Gasteiger partial charge on any atom is 0.325 e. The van der Waals surface area contributed by atoms with Crippen LogP contribution in [-0.2, 0) is 21.7 Å². The molecule has 2 aromatic carbocycles. The first-order chi connectivity index (χ1) is 15.0. The molecule has 0 radical (unpaired) electrons. The van der Waals surface area contributed by atoms with E-state index < -0.39 is 17.5 Å². The number of urea groups is 1. The zero-order valence-electron chi connectivity index (χ0n) is 17.8. The van der Waals surface area contributed by atoms with Crippen LogP contribution in [0.25, 0.3) is 0 Å². The van der Waals surface area contributed by atoms with Crippen LogP contribution in [0.2, 0.25) is 0 Å². The third-order valence-corrected chi connectivity index (χ3v) is 6.11. The van der Waals surface area contributed by atoms with Crippen molar-refractivity contribution < 1.29 is 14.4 Å². The highest BCUT2D eigenvalue weighted by Gasteiger charge is 2.49. The number of benzene rings is 2. The molecule has 162 valence electrons. The van der Waals surface area contributed by atoms with Gasteiger partial charge in [-0.25, -0.2) is 4.79 Å². The zero-order valence-corrected chi connectivity index (χ0v) is 17.8. The molecule has 4 amide bonds. The van der Waals surface area contributed by atoms with Gasteiger partial charge in [0.1, 0.15) is 12.1 Å². The number of imide groups is 1. The third kappa shape index (κ3) is 4.46. The van der Waals surface area contributed by atoms with Crippen molar-refractivity contribution in [2.45, 2.75) is 25.4 Å². The van der Waals surface area contributed by atoms with E-state index in [4.69, 9.17) is 0 Å². The Labute approximate surface area is 182 Å². The topological polar surface area (TPSA) is 73.0 Å². The largest absolute Gasteiger partial charge is 0.340 e. The molecule has 1 N–H and O–H groups in total. The second kappa shape index (κ2) is 8.89. The number of rotatable bonds is 5. The van der Waals surface area contributed by atoms with Gasteiger partial charge in [0.25, 0.3) is 5.91 Å². The summed E-state index contributed by atoms with van der Waals surface area (Å²) in [5, 5.41) is 2.76. The Balaban J connectivity index is 1.37. The van der Waals surface area contributed by atoms with Gasteiger partial charge < -0.3 is 10.2 Å². The Morgan fingerprint density at radius 3 is 2.32 bits per heavy atom. The normalized spacial score (nSPS) is 22.4. The molecule has 2 fully saturated rings. The van der Waals surface area contributed by atoms with Crippen LogP contribution in [0, 0.1) is 0 Å². The monoisotopic (exact) mass is 420 g/mol. The standard InChI is InChI=1S/C24H28N4O3/c1-24(20-11-6-3-7-12-20)22(30)28(23(31)25-24)18-21(29)27-14-8-13-26(15-16-27)17-19-9-4-2-5-10-19/h2-7,9-12H,8,13-18H2,1H3,(H,25,31). The number of hydrogen-bond donors (Lipinski definition) is 1. The Morgan fingerprint density at radius 2 is 1.61 bits per heavy atom. The molecule has 0 bridgehead atoms. The van der Waals surface area contributed by atoms with Crippen molar-refractivity contribution in [2.75, 3.05) is 32.7 Å². The highest BCUT2D eigenvalue weighted by atomic mass is 16.2. The van der Waals surface area contributed by atoms with Crippen LogP contribution in [0.1, 0.15) is 24.5 Å². The van der Waals surface area contributed by atoms with E-state index in [0.29, 0.717) is 18.7 Å². The zero-order chi connectivity index (χ0) is 21.8. The van der Waals surface area contributed by atoms with Gasteiger partial charge in [-0.15, -0.1) is 0 Å². The molecule has 1 unspecified atom stereocenters. The van der Waals surface area contributed by atoms with Crippen LogP contribution in [0.15, 0.2) is 60.7 Å². The number of nitrogens with zero attached hydrogens (tertiary/aromatic N) is 3. The maximum atomic E-state index is 13.0. The minimum atomic E-state index is -1.15. The third-order valence-electron chi connectivity index (χ3n) is 6.11. The quantitative estimate of drug-likeness (QED) is 0.753. The molecule has 1 atom stereocenters. The molecule has 7 heteroatoms. The lowest BCUT2D eigenvalue weighted by Crippen LogP contribution is -2.45. The molecule has 2 saturated heterocycles. The first kappa shape index (κ1) is 21.1. The van der Waals surface area contributed by atoms with Crippen LogP contribution >= 0.6 is 0 Å². The van der Waals surface area contributed by atoms with Gasteiger partial charge in [0.15, 0.2) is 0 Å². The number of carbonyl (C=O) groups is 3. The Kier molecular flexibility index (Phi) is 6.04. The first-order valence-corrected chi connectivity index (χ1v) is 10.7. The number of amides is 4. The Morgan fingerprint density at radius 1 is 0.935 bits per heavy atom. The van der Waals surface area contributed by atoms with E-state index in [0.717, 1.165) is 31.0 Å². The van der Waals surface area contributed by atoms with Gasteiger partial charge in [0, 0.05) is 32.7 Å². The summed E-state index contributed by atoms with van der Waals surface area (Å²) in [7, 11) is 0. The summed E-state index contributed by atoms with van der Waals surface area (Å²) in [6.45, 7) is 5.20.